The molecule has 0 unspecified atom stereocenters. The highest BCUT2D eigenvalue weighted by Crippen LogP contribution is 2.30. The van der Waals surface area contributed by atoms with E-state index in [4.69, 9.17) is 11.6 Å². The quantitative estimate of drug-likeness (QED) is 0.507. The Labute approximate surface area is 196 Å². The molecule has 6 nitrogen and oxygen atoms in total. The Hall–Kier alpha value is -3.90. The number of nitrogens with one attached hydrogen (secondary N) is 2. The topological polar surface area (TPSA) is 78.5 Å². The van der Waals surface area contributed by atoms with Crippen molar-refractivity contribution in [3.8, 4) is 0 Å². The van der Waals surface area contributed by atoms with E-state index in [1.807, 2.05) is 51.1 Å². The molecular weight excluding hydrogens is 438 g/mol. The van der Waals surface area contributed by atoms with Crippen LogP contribution in [-0.2, 0) is 9.59 Å². The Kier molecular flexibility index (Phi) is 6.03. The van der Waals surface area contributed by atoms with Crippen LogP contribution in [0.2, 0.25) is 0 Å². The van der Waals surface area contributed by atoms with E-state index in [0.717, 1.165) is 27.3 Å². The summed E-state index contributed by atoms with van der Waals surface area (Å²) in [6.07, 6.45) is 0. The molecule has 0 spiro atoms. The fourth-order valence-electron chi connectivity index (χ4n) is 3.50. The van der Waals surface area contributed by atoms with Crippen LogP contribution < -0.4 is 15.5 Å². The number of nitrogens with zero attached hydrogens (tertiary/aromatic N) is 1. The normalized spacial score (nSPS) is 13.5. The second-order valence-corrected chi connectivity index (χ2v) is 8.26. The largest absolute Gasteiger partial charge is 0.350 e. The number of hydrogen-bond donors (Lipinski definition) is 2. The van der Waals surface area contributed by atoms with Gasteiger partial charge in [0.05, 0.1) is 5.69 Å². The summed E-state index contributed by atoms with van der Waals surface area (Å²) in [4.78, 5) is 39.5. The van der Waals surface area contributed by atoms with E-state index in [9.17, 15) is 14.4 Å². The summed E-state index contributed by atoms with van der Waals surface area (Å²) in [6, 6.07) is 19.4. The molecule has 0 saturated heterocycles. The zero-order valence-electron chi connectivity index (χ0n) is 18.4. The van der Waals surface area contributed by atoms with Gasteiger partial charge < -0.3 is 10.6 Å². The highest BCUT2D eigenvalue weighted by molar-refractivity contribution is 6.53. The summed E-state index contributed by atoms with van der Waals surface area (Å²) in [5.74, 6) is -1.45. The van der Waals surface area contributed by atoms with Crippen LogP contribution in [-0.4, -0.2) is 17.7 Å². The summed E-state index contributed by atoms with van der Waals surface area (Å²) >= 11 is 6.22. The molecule has 3 aromatic rings. The van der Waals surface area contributed by atoms with E-state index in [1.54, 1.807) is 36.4 Å². The van der Waals surface area contributed by atoms with Crippen LogP contribution in [0.4, 0.5) is 17.1 Å². The lowest BCUT2D eigenvalue weighted by Crippen LogP contribution is -2.32. The van der Waals surface area contributed by atoms with E-state index in [2.05, 4.69) is 10.6 Å². The van der Waals surface area contributed by atoms with Gasteiger partial charge in [0, 0.05) is 16.9 Å². The third kappa shape index (κ3) is 4.38. The van der Waals surface area contributed by atoms with Gasteiger partial charge in [0.1, 0.15) is 10.7 Å². The van der Waals surface area contributed by atoms with Crippen LogP contribution >= 0.6 is 11.6 Å². The van der Waals surface area contributed by atoms with Gasteiger partial charge in [0.15, 0.2) is 0 Å². The molecular formula is C26H22ClN3O3. The van der Waals surface area contributed by atoms with Crippen molar-refractivity contribution in [2.24, 2.45) is 0 Å². The molecule has 0 saturated carbocycles. The van der Waals surface area contributed by atoms with Crippen LogP contribution in [0.1, 0.15) is 27.0 Å². The SMILES string of the molecule is Cc1ccc(N2C(=O)C(Cl)=C(Nc3cccc(C(=O)Nc4cccc(C)c4C)c3)C2=O)cc1. The number of aryl methyl sites for hydroxylation is 2. The van der Waals surface area contributed by atoms with E-state index >= 15 is 0 Å². The fraction of sp³-hybridized carbons (Fsp3) is 0.115. The predicted molar refractivity (Wildman–Crippen MR) is 130 cm³/mol. The maximum Gasteiger partial charge on any atom is 0.283 e. The lowest BCUT2D eigenvalue weighted by atomic mass is 10.1. The third-order valence-corrected chi connectivity index (χ3v) is 5.92. The summed E-state index contributed by atoms with van der Waals surface area (Å²) in [5, 5.41) is 5.63. The van der Waals surface area contributed by atoms with Gasteiger partial charge in [-0.2, -0.15) is 0 Å². The molecule has 0 fully saturated rings. The van der Waals surface area contributed by atoms with Crippen LogP contribution in [0.3, 0.4) is 0 Å². The van der Waals surface area contributed by atoms with Crippen molar-refractivity contribution in [3.63, 3.8) is 0 Å². The van der Waals surface area contributed by atoms with E-state index in [1.165, 1.54) is 0 Å². The van der Waals surface area contributed by atoms with Gasteiger partial charge in [-0.3, -0.25) is 14.4 Å². The number of hydrogen-bond acceptors (Lipinski definition) is 4. The maximum atomic E-state index is 13.0. The Morgan fingerprint density at radius 3 is 2.30 bits per heavy atom. The number of rotatable bonds is 5. The number of benzene rings is 3. The first-order chi connectivity index (χ1) is 15.8. The second-order valence-electron chi connectivity index (χ2n) is 7.88. The summed E-state index contributed by atoms with van der Waals surface area (Å²) in [7, 11) is 0. The number of carbonyl (C=O) groups excluding carboxylic acids is 3. The molecule has 7 heteroatoms. The molecule has 166 valence electrons. The average molecular weight is 460 g/mol. The van der Waals surface area contributed by atoms with Gasteiger partial charge in [-0.1, -0.05) is 47.5 Å². The lowest BCUT2D eigenvalue weighted by Gasteiger charge is -2.15. The molecule has 0 aromatic heterocycles. The summed E-state index contributed by atoms with van der Waals surface area (Å²) in [5.41, 5.74) is 5.06. The molecule has 0 radical (unpaired) electrons. The molecule has 1 aliphatic rings. The minimum Gasteiger partial charge on any atom is -0.350 e. The molecule has 3 amide bonds. The smallest absolute Gasteiger partial charge is 0.283 e. The fourth-order valence-corrected chi connectivity index (χ4v) is 3.72. The molecule has 0 aliphatic carbocycles. The molecule has 1 heterocycles. The number of halogens is 1. The highest BCUT2D eigenvalue weighted by atomic mass is 35.5. The molecule has 3 aromatic carbocycles. The first kappa shape index (κ1) is 22.3. The van der Waals surface area contributed by atoms with Crippen LogP contribution in [0, 0.1) is 20.8 Å². The molecule has 33 heavy (non-hydrogen) atoms. The van der Waals surface area contributed by atoms with Crippen LogP contribution in [0.25, 0.3) is 0 Å². The summed E-state index contributed by atoms with van der Waals surface area (Å²) < 4.78 is 0. The number of imide groups is 1. The van der Waals surface area contributed by atoms with Gasteiger partial charge in [-0.25, -0.2) is 4.90 Å². The van der Waals surface area contributed by atoms with E-state index in [0.29, 0.717) is 16.9 Å². The van der Waals surface area contributed by atoms with Crippen molar-refractivity contribution in [1.29, 1.82) is 0 Å². The number of amides is 3. The van der Waals surface area contributed by atoms with Crippen LogP contribution in [0.15, 0.2) is 77.5 Å². The second kappa shape index (κ2) is 8.92. The molecule has 0 atom stereocenters. The van der Waals surface area contributed by atoms with Crippen molar-refractivity contribution in [2.75, 3.05) is 15.5 Å². The van der Waals surface area contributed by atoms with Gasteiger partial charge in [0.2, 0.25) is 0 Å². The predicted octanol–water partition coefficient (Wildman–Crippen LogP) is 5.30. The minimum absolute atomic E-state index is 0.0330. The first-order valence-electron chi connectivity index (χ1n) is 10.4. The average Bonchev–Trinajstić information content (AvgIpc) is 3.01. The van der Waals surface area contributed by atoms with Crippen LogP contribution in [0.5, 0.6) is 0 Å². The highest BCUT2D eigenvalue weighted by Gasteiger charge is 2.38. The van der Waals surface area contributed by atoms with Crippen molar-refractivity contribution in [3.05, 3.63) is 99.7 Å². The van der Waals surface area contributed by atoms with Gasteiger partial charge in [-0.05, 0) is 68.3 Å². The van der Waals surface area contributed by atoms with Gasteiger partial charge >= 0.3 is 0 Å². The van der Waals surface area contributed by atoms with Gasteiger partial charge in [-0.15, -0.1) is 0 Å². The zero-order chi connectivity index (χ0) is 23.7. The number of anilines is 3. The van der Waals surface area contributed by atoms with E-state index in [-0.39, 0.29) is 16.6 Å². The Morgan fingerprint density at radius 1 is 0.879 bits per heavy atom. The van der Waals surface area contributed by atoms with Crippen molar-refractivity contribution in [2.45, 2.75) is 20.8 Å². The van der Waals surface area contributed by atoms with Crippen molar-refractivity contribution < 1.29 is 14.4 Å². The molecule has 4 rings (SSSR count). The monoisotopic (exact) mass is 459 g/mol. The Bertz CT molecular complexity index is 1310. The summed E-state index contributed by atoms with van der Waals surface area (Å²) in [6.45, 7) is 5.84. The number of carbonyl (C=O) groups is 3. The Morgan fingerprint density at radius 2 is 1.58 bits per heavy atom. The molecule has 0 bridgehead atoms. The first-order valence-corrected chi connectivity index (χ1v) is 10.7. The maximum absolute atomic E-state index is 13.0. The molecule has 1 aliphatic heterocycles. The third-order valence-electron chi connectivity index (χ3n) is 5.57. The minimum atomic E-state index is -0.600. The van der Waals surface area contributed by atoms with Gasteiger partial charge in [0.25, 0.3) is 17.7 Å². The van der Waals surface area contributed by atoms with Crippen molar-refractivity contribution >= 4 is 46.4 Å². The molecule has 2 N–H and O–H groups in total. The zero-order valence-corrected chi connectivity index (χ0v) is 19.2. The van der Waals surface area contributed by atoms with Crippen molar-refractivity contribution in [1.82, 2.24) is 0 Å². The van der Waals surface area contributed by atoms with E-state index < -0.39 is 11.8 Å². The standard InChI is InChI=1S/C26H22ClN3O3/c1-15-10-12-20(13-11-15)30-25(32)22(27)23(26(30)33)28-19-8-5-7-18(14-19)24(31)29-21-9-4-6-16(2)17(21)3/h4-14,28H,1-3H3,(H,29,31). The Balaban J connectivity index is 1.55. The lowest BCUT2D eigenvalue weighted by molar-refractivity contribution is -0.120.